The van der Waals surface area contributed by atoms with Crippen LogP contribution in [0.25, 0.3) is 22.5 Å². The molecule has 0 radical (unpaired) electrons. The normalized spacial score (nSPS) is 16.0. The van der Waals surface area contributed by atoms with Crippen molar-refractivity contribution in [2.24, 2.45) is 11.8 Å². The van der Waals surface area contributed by atoms with E-state index in [0.29, 0.717) is 12.4 Å². The topological polar surface area (TPSA) is 148 Å². The molecule has 1 aliphatic rings. The molecular weight excluding hydrogens is 656 g/mol. The van der Waals surface area contributed by atoms with Crippen molar-refractivity contribution in [1.82, 2.24) is 40.4 Å². The second-order valence-corrected chi connectivity index (χ2v) is 14.2. The van der Waals surface area contributed by atoms with Crippen LogP contribution in [-0.4, -0.2) is 87.5 Å². The van der Waals surface area contributed by atoms with Crippen molar-refractivity contribution in [3.63, 3.8) is 0 Å². The second-order valence-electron chi connectivity index (χ2n) is 14.2. The quantitative estimate of drug-likeness (QED) is 0.147. The highest BCUT2D eigenvalue weighted by atomic mass is 16.5. The Morgan fingerprint density at radius 2 is 1.42 bits per heavy atom. The number of aromatic amines is 2. The third-order valence-electron chi connectivity index (χ3n) is 9.40. The number of hydrogen-bond donors (Lipinski definition) is 4. The zero-order valence-electron chi connectivity index (χ0n) is 31.3. The first-order valence-corrected chi connectivity index (χ1v) is 17.8. The van der Waals surface area contributed by atoms with Gasteiger partial charge in [-0.05, 0) is 81.1 Å². The van der Waals surface area contributed by atoms with Gasteiger partial charge in [-0.1, -0.05) is 63.8 Å². The molecule has 0 saturated carbocycles. The lowest BCUT2D eigenvalue weighted by molar-refractivity contribution is -0.135. The third kappa shape index (κ3) is 8.90. The summed E-state index contributed by atoms with van der Waals surface area (Å²) >= 11 is 0. The zero-order valence-corrected chi connectivity index (χ0v) is 31.3. The zero-order chi connectivity index (χ0) is 37.5. The Bertz CT molecular complexity index is 1890. The van der Waals surface area contributed by atoms with Crippen LogP contribution in [0, 0.1) is 23.7 Å². The Kier molecular flexibility index (Phi) is 12.2. The second kappa shape index (κ2) is 16.7. The monoisotopic (exact) mass is 706 g/mol. The number of amides is 3. The fourth-order valence-electron chi connectivity index (χ4n) is 6.66. The van der Waals surface area contributed by atoms with Crippen molar-refractivity contribution in [3.8, 4) is 34.4 Å². The molecule has 5 rings (SSSR count). The lowest BCUT2D eigenvalue weighted by Gasteiger charge is -2.30. The van der Waals surface area contributed by atoms with Gasteiger partial charge in [0, 0.05) is 17.7 Å². The molecule has 274 valence electrons. The number of H-pyrrole nitrogens is 2. The maximum absolute atomic E-state index is 13.5. The highest BCUT2D eigenvalue weighted by Crippen LogP contribution is 2.33. The molecule has 1 saturated heterocycles. The summed E-state index contributed by atoms with van der Waals surface area (Å²) in [5, 5.41) is 5.77. The van der Waals surface area contributed by atoms with Gasteiger partial charge in [0.2, 0.25) is 11.8 Å². The summed E-state index contributed by atoms with van der Waals surface area (Å²) in [5.74, 6) is 7.84. The molecule has 3 heterocycles. The summed E-state index contributed by atoms with van der Waals surface area (Å²) < 4.78 is 4.74. The molecule has 4 atom stereocenters. The number of imidazole rings is 2. The third-order valence-corrected chi connectivity index (χ3v) is 9.40. The van der Waals surface area contributed by atoms with E-state index in [2.05, 4.69) is 42.4 Å². The van der Waals surface area contributed by atoms with E-state index in [4.69, 9.17) is 4.74 Å². The lowest BCUT2D eigenvalue weighted by atomic mass is 10.0. The molecule has 12 nitrogen and oxygen atoms in total. The molecule has 0 spiro atoms. The van der Waals surface area contributed by atoms with E-state index in [0.717, 1.165) is 52.3 Å². The van der Waals surface area contributed by atoms with Crippen LogP contribution >= 0.6 is 0 Å². The molecule has 0 unspecified atom stereocenters. The molecule has 0 bridgehead atoms. The summed E-state index contributed by atoms with van der Waals surface area (Å²) in [4.78, 5) is 57.9. The first-order chi connectivity index (χ1) is 24.9. The van der Waals surface area contributed by atoms with Crippen molar-refractivity contribution in [3.05, 3.63) is 83.7 Å². The van der Waals surface area contributed by atoms with Crippen LogP contribution in [0.2, 0.25) is 0 Å². The smallest absolute Gasteiger partial charge is 0.407 e. The van der Waals surface area contributed by atoms with Crippen molar-refractivity contribution in [1.29, 1.82) is 0 Å². The van der Waals surface area contributed by atoms with E-state index < -0.39 is 12.1 Å². The molecule has 2 aromatic heterocycles. The van der Waals surface area contributed by atoms with Gasteiger partial charge in [-0.25, -0.2) is 14.8 Å². The number of likely N-dealkylation sites (tertiary alicyclic amines) is 1. The maximum Gasteiger partial charge on any atom is 0.407 e. The van der Waals surface area contributed by atoms with Crippen LogP contribution in [0.1, 0.15) is 82.3 Å². The molecule has 4 aromatic rings. The molecule has 52 heavy (non-hydrogen) atoms. The van der Waals surface area contributed by atoms with Crippen molar-refractivity contribution < 1.29 is 19.1 Å². The number of alkyl carbamates (subject to hydrolysis) is 1. The molecule has 12 heteroatoms. The summed E-state index contributed by atoms with van der Waals surface area (Å²) in [5.41, 5.74) is 5.41. The van der Waals surface area contributed by atoms with E-state index in [9.17, 15) is 14.4 Å². The van der Waals surface area contributed by atoms with E-state index >= 15 is 0 Å². The van der Waals surface area contributed by atoms with Gasteiger partial charge in [0.15, 0.2) is 0 Å². The van der Waals surface area contributed by atoms with Gasteiger partial charge in [0.05, 0.1) is 49.0 Å². The summed E-state index contributed by atoms with van der Waals surface area (Å²) in [6.07, 6.45) is 4.59. The maximum atomic E-state index is 13.5. The van der Waals surface area contributed by atoms with Crippen LogP contribution in [0.5, 0.6) is 0 Å². The number of rotatable bonds is 11. The first-order valence-electron chi connectivity index (χ1n) is 17.8. The van der Waals surface area contributed by atoms with Crippen LogP contribution in [-0.2, 0) is 14.3 Å². The Labute approximate surface area is 306 Å². The Morgan fingerprint density at radius 3 is 1.96 bits per heavy atom. The molecule has 2 aromatic carbocycles. The minimum Gasteiger partial charge on any atom is -0.453 e. The predicted molar refractivity (Wildman–Crippen MR) is 201 cm³/mol. The molecule has 0 aliphatic carbocycles. The van der Waals surface area contributed by atoms with Crippen molar-refractivity contribution >= 4 is 17.9 Å². The first kappa shape index (κ1) is 37.8. The SMILES string of the molecule is COC(=O)N[C@H](C(=O)N1CCC[C@H]1c1ncc(-c2ccc(C#Cc3ccc(-c4cnc([C@H](C)NC(=O)[C@H](C(C)C)N(C)C)[nH]4)cc3)cc2)[nH]1)C(C)C. The van der Waals surface area contributed by atoms with Crippen LogP contribution < -0.4 is 10.6 Å². The van der Waals surface area contributed by atoms with Crippen LogP contribution in [0.3, 0.4) is 0 Å². The number of ether oxygens (including phenoxy) is 1. The van der Waals surface area contributed by atoms with Crippen molar-refractivity contribution in [2.45, 2.75) is 71.6 Å². The van der Waals surface area contributed by atoms with Gasteiger partial charge in [0.25, 0.3) is 0 Å². The van der Waals surface area contributed by atoms with Gasteiger partial charge in [0.1, 0.15) is 17.7 Å². The van der Waals surface area contributed by atoms with Gasteiger partial charge in [-0.2, -0.15) is 0 Å². The van der Waals surface area contributed by atoms with Gasteiger partial charge in [-0.3, -0.25) is 14.5 Å². The molecule has 1 fully saturated rings. The minimum atomic E-state index is -0.680. The Hall–Kier alpha value is -5.41. The van der Waals surface area contributed by atoms with Crippen LogP contribution in [0.4, 0.5) is 4.79 Å². The number of carbonyl (C=O) groups excluding carboxylic acids is 3. The Morgan fingerprint density at radius 1 is 0.846 bits per heavy atom. The van der Waals surface area contributed by atoms with Crippen molar-refractivity contribution in [2.75, 3.05) is 27.7 Å². The van der Waals surface area contributed by atoms with Gasteiger partial charge < -0.3 is 30.2 Å². The van der Waals surface area contributed by atoms with Crippen LogP contribution in [0.15, 0.2) is 60.9 Å². The molecule has 4 N–H and O–H groups in total. The molecule has 3 amide bonds. The number of nitrogens with one attached hydrogen (secondary N) is 4. The summed E-state index contributed by atoms with van der Waals surface area (Å²) in [7, 11) is 5.12. The van der Waals surface area contributed by atoms with Gasteiger partial charge >= 0.3 is 6.09 Å². The number of nitrogens with zero attached hydrogens (tertiary/aromatic N) is 4. The number of likely N-dealkylation sites (N-methyl/N-ethyl adjacent to an activating group) is 1. The summed E-state index contributed by atoms with van der Waals surface area (Å²) in [6, 6.07) is 14.5. The number of hydrogen-bond acceptors (Lipinski definition) is 7. The largest absolute Gasteiger partial charge is 0.453 e. The molecule has 1 aliphatic heterocycles. The average molecular weight is 707 g/mol. The van der Waals surface area contributed by atoms with E-state index in [1.807, 2.05) is 102 Å². The average Bonchev–Trinajstić information content (AvgIpc) is 3.91. The predicted octanol–water partition coefficient (Wildman–Crippen LogP) is 5.67. The molecular formula is C40H50N8O4. The standard InChI is InChI=1S/C40H50N8O4/c1-24(2)34(46-40(51)52-8)39(50)48-21-9-10-33(48)37-42-23-32(45-37)30-19-15-28(16-20-30)12-11-27-13-17-29(18-14-27)31-22-41-36(44-31)26(5)43-38(49)35(25(3)4)47(6)7/h13-20,22-26,33-35H,9-10,21H2,1-8H3,(H,41,44)(H,42,45)(H,43,49)(H,46,51)/t26-,33-,34-,35-/m0/s1. The number of aromatic nitrogens is 4. The van der Waals surface area contributed by atoms with E-state index in [-0.39, 0.29) is 41.8 Å². The van der Waals surface area contributed by atoms with E-state index in [1.54, 1.807) is 17.3 Å². The van der Waals surface area contributed by atoms with Gasteiger partial charge in [-0.15, -0.1) is 0 Å². The summed E-state index contributed by atoms with van der Waals surface area (Å²) in [6.45, 7) is 10.4. The lowest BCUT2D eigenvalue weighted by Crippen LogP contribution is -2.51. The highest BCUT2D eigenvalue weighted by molar-refractivity contribution is 5.86. The number of carbonyl (C=O) groups is 3. The number of benzene rings is 2. The van der Waals surface area contributed by atoms with E-state index in [1.165, 1.54) is 7.11 Å². The Balaban J connectivity index is 1.20. The highest BCUT2D eigenvalue weighted by Gasteiger charge is 2.37. The fraction of sp³-hybridized carbons (Fsp3) is 0.425. The fourth-order valence-corrected chi connectivity index (χ4v) is 6.66. The number of methoxy groups -OCH3 is 1. The minimum absolute atomic E-state index is 0.0210.